The summed E-state index contributed by atoms with van der Waals surface area (Å²) in [4.78, 5) is 12.7. The third-order valence-corrected chi connectivity index (χ3v) is 5.64. The average Bonchev–Trinajstić information content (AvgIpc) is 2.50. The number of carbonyl (C=O) groups excluding carboxylic acids is 1. The molecule has 1 rings (SSSR count). The maximum atomic E-state index is 12.7. The first-order valence-corrected chi connectivity index (χ1v) is 9.16. The molecule has 0 atom stereocenters. The van der Waals surface area contributed by atoms with Crippen molar-refractivity contribution in [2.24, 2.45) is 11.1 Å². The number of hydrogen-bond acceptors (Lipinski definition) is 3. The van der Waals surface area contributed by atoms with E-state index in [0.717, 1.165) is 29.8 Å². The van der Waals surface area contributed by atoms with Crippen LogP contribution in [0.4, 0.5) is 5.69 Å². The van der Waals surface area contributed by atoms with E-state index in [0.29, 0.717) is 11.8 Å². The monoisotopic (exact) mass is 358 g/mol. The number of thioether (sulfide) groups is 1. The largest absolute Gasteiger partial charge is 0.329 e. The summed E-state index contributed by atoms with van der Waals surface area (Å²) in [6.45, 7) is 10.9. The van der Waals surface area contributed by atoms with Crippen molar-refractivity contribution in [3.05, 3.63) is 29.3 Å². The second-order valence-corrected chi connectivity index (χ2v) is 7.66. The van der Waals surface area contributed by atoms with E-state index in [9.17, 15) is 4.79 Å². The maximum Gasteiger partial charge on any atom is 0.231 e. The van der Waals surface area contributed by atoms with Crippen LogP contribution in [0.25, 0.3) is 0 Å². The van der Waals surface area contributed by atoms with Crippen LogP contribution in [-0.4, -0.2) is 17.7 Å². The van der Waals surface area contributed by atoms with E-state index in [1.165, 1.54) is 5.56 Å². The second-order valence-electron chi connectivity index (χ2n) is 6.10. The molecule has 0 unspecified atom stereocenters. The zero-order chi connectivity index (χ0) is 16.8. The Labute approximate surface area is 151 Å². The molecule has 1 aromatic carbocycles. The van der Waals surface area contributed by atoms with Gasteiger partial charge in [-0.05, 0) is 42.2 Å². The van der Waals surface area contributed by atoms with Gasteiger partial charge in [-0.3, -0.25) is 4.79 Å². The smallest absolute Gasteiger partial charge is 0.231 e. The highest BCUT2D eigenvalue weighted by atomic mass is 35.5. The molecule has 3 N–H and O–H groups in total. The fraction of sp³-hybridized carbons (Fsp3) is 0.611. The summed E-state index contributed by atoms with van der Waals surface area (Å²) in [5.74, 6) is 1.01. The van der Waals surface area contributed by atoms with Gasteiger partial charge in [0.05, 0.1) is 5.41 Å². The Morgan fingerprint density at radius 2 is 1.91 bits per heavy atom. The Bertz CT molecular complexity index is 494. The lowest BCUT2D eigenvalue weighted by atomic mass is 9.81. The molecule has 0 aliphatic rings. The van der Waals surface area contributed by atoms with Crippen LogP contribution in [-0.2, 0) is 10.5 Å². The van der Waals surface area contributed by atoms with Crippen molar-refractivity contribution < 1.29 is 4.79 Å². The van der Waals surface area contributed by atoms with Gasteiger partial charge in [-0.1, -0.05) is 39.8 Å². The minimum absolute atomic E-state index is 0. The van der Waals surface area contributed by atoms with Gasteiger partial charge in [0.25, 0.3) is 0 Å². The molecule has 0 aliphatic heterocycles. The first-order chi connectivity index (χ1) is 10.4. The number of carbonyl (C=O) groups is 1. The van der Waals surface area contributed by atoms with Crippen LogP contribution in [0.15, 0.2) is 18.2 Å². The van der Waals surface area contributed by atoms with Gasteiger partial charge in [0.1, 0.15) is 0 Å². The molecule has 0 bridgehead atoms. The van der Waals surface area contributed by atoms with Crippen LogP contribution in [0.5, 0.6) is 0 Å². The van der Waals surface area contributed by atoms with Crippen molar-refractivity contribution in [2.45, 2.75) is 58.5 Å². The van der Waals surface area contributed by atoms with E-state index in [4.69, 9.17) is 5.73 Å². The quantitative estimate of drug-likeness (QED) is 0.704. The first kappa shape index (κ1) is 22.3. The third kappa shape index (κ3) is 5.70. The predicted molar refractivity (Wildman–Crippen MR) is 106 cm³/mol. The summed E-state index contributed by atoms with van der Waals surface area (Å²) in [6.07, 6.45) is 1.52. The van der Waals surface area contributed by atoms with E-state index in [1.54, 1.807) is 0 Å². The van der Waals surface area contributed by atoms with Gasteiger partial charge in [-0.25, -0.2) is 0 Å². The molecule has 0 saturated carbocycles. The molecule has 0 fully saturated rings. The van der Waals surface area contributed by atoms with Crippen LogP contribution >= 0.6 is 24.2 Å². The normalized spacial score (nSPS) is 11.3. The van der Waals surface area contributed by atoms with Crippen LogP contribution in [0, 0.1) is 12.3 Å². The van der Waals surface area contributed by atoms with Gasteiger partial charge in [-0.15, -0.1) is 12.4 Å². The van der Waals surface area contributed by atoms with Crippen LogP contribution in [0.1, 0.15) is 51.7 Å². The third-order valence-electron chi connectivity index (χ3n) is 4.49. The maximum absolute atomic E-state index is 12.7. The molecule has 0 radical (unpaired) electrons. The Balaban J connectivity index is 0.00000484. The Kier molecular flexibility index (Phi) is 9.90. The van der Waals surface area contributed by atoms with Gasteiger partial charge in [0.2, 0.25) is 5.91 Å². The van der Waals surface area contributed by atoms with Gasteiger partial charge >= 0.3 is 0 Å². The van der Waals surface area contributed by atoms with E-state index in [1.807, 2.05) is 37.7 Å². The van der Waals surface area contributed by atoms with Crippen molar-refractivity contribution >= 4 is 35.8 Å². The van der Waals surface area contributed by atoms with Crippen molar-refractivity contribution in [3.8, 4) is 0 Å². The number of halogens is 1. The lowest BCUT2D eigenvalue weighted by Crippen LogP contribution is -2.41. The number of rotatable bonds is 8. The molecule has 1 amide bonds. The first-order valence-electron chi connectivity index (χ1n) is 8.11. The number of benzene rings is 1. The standard InChI is InChI=1S/C18H30N2OS.ClH/c1-6-18(7-2,12-19)17(21)20-16-10-8-9-15(14(16)5)11-22-13(3)4;/h8-10,13H,6-7,11-12,19H2,1-5H3,(H,20,21);1H. The zero-order valence-electron chi connectivity index (χ0n) is 14.9. The summed E-state index contributed by atoms with van der Waals surface area (Å²) >= 11 is 1.91. The van der Waals surface area contributed by atoms with E-state index >= 15 is 0 Å². The molecule has 23 heavy (non-hydrogen) atoms. The molecule has 3 nitrogen and oxygen atoms in total. The van der Waals surface area contributed by atoms with Gasteiger partial charge in [0, 0.05) is 18.0 Å². The SMILES string of the molecule is CCC(CC)(CN)C(=O)Nc1cccc(CSC(C)C)c1C.Cl. The van der Waals surface area contributed by atoms with E-state index in [-0.39, 0.29) is 18.3 Å². The van der Waals surface area contributed by atoms with Crippen molar-refractivity contribution in [2.75, 3.05) is 11.9 Å². The van der Waals surface area contributed by atoms with Gasteiger partial charge in [0.15, 0.2) is 0 Å². The van der Waals surface area contributed by atoms with Gasteiger partial charge < -0.3 is 11.1 Å². The number of anilines is 1. The molecule has 0 spiro atoms. The highest BCUT2D eigenvalue weighted by Gasteiger charge is 2.33. The molecule has 0 saturated heterocycles. The Morgan fingerprint density at radius 3 is 2.39 bits per heavy atom. The highest BCUT2D eigenvalue weighted by Crippen LogP contribution is 2.29. The van der Waals surface area contributed by atoms with Gasteiger partial charge in [-0.2, -0.15) is 11.8 Å². The molecular weight excluding hydrogens is 328 g/mol. The van der Waals surface area contributed by atoms with E-state index < -0.39 is 5.41 Å². The van der Waals surface area contributed by atoms with Crippen LogP contribution in [0.3, 0.4) is 0 Å². The Hall–Kier alpha value is -0.710. The summed E-state index contributed by atoms with van der Waals surface area (Å²) < 4.78 is 0. The van der Waals surface area contributed by atoms with Crippen molar-refractivity contribution in [1.82, 2.24) is 0 Å². The minimum atomic E-state index is -0.463. The molecule has 5 heteroatoms. The molecule has 0 aromatic heterocycles. The summed E-state index contributed by atoms with van der Waals surface area (Å²) in [6, 6.07) is 6.13. The number of nitrogens with two attached hydrogens (primary N) is 1. The molecule has 0 heterocycles. The van der Waals surface area contributed by atoms with Crippen molar-refractivity contribution in [3.63, 3.8) is 0 Å². The molecule has 0 aliphatic carbocycles. The Morgan fingerprint density at radius 1 is 1.30 bits per heavy atom. The summed E-state index contributed by atoms with van der Waals surface area (Å²) in [5.41, 5.74) is 8.75. The number of nitrogens with one attached hydrogen (secondary N) is 1. The summed E-state index contributed by atoms with van der Waals surface area (Å²) in [5, 5.41) is 3.70. The molecule has 132 valence electrons. The highest BCUT2D eigenvalue weighted by molar-refractivity contribution is 7.99. The van der Waals surface area contributed by atoms with Crippen molar-refractivity contribution in [1.29, 1.82) is 0 Å². The minimum Gasteiger partial charge on any atom is -0.329 e. The predicted octanol–water partition coefficient (Wildman–Crippen LogP) is 4.76. The second kappa shape index (κ2) is 10.2. The molecule has 1 aromatic rings. The number of hydrogen-bond donors (Lipinski definition) is 2. The average molecular weight is 359 g/mol. The number of amides is 1. The van der Waals surface area contributed by atoms with Crippen LogP contribution in [0.2, 0.25) is 0 Å². The zero-order valence-corrected chi connectivity index (χ0v) is 16.6. The molecular formula is C18H31ClN2OS. The lowest BCUT2D eigenvalue weighted by Gasteiger charge is -2.29. The van der Waals surface area contributed by atoms with E-state index in [2.05, 4.69) is 32.2 Å². The lowest BCUT2D eigenvalue weighted by molar-refractivity contribution is -0.125. The topological polar surface area (TPSA) is 55.1 Å². The van der Waals surface area contributed by atoms with Crippen LogP contribution < -0.4 is 11.1 Å². The summed E-state index contributed by atoms with van der Waals surface area (Å²) in [7, 11) is 0. The fourth-order valence-corrected chi connectivity index (χ4v) is 3.26. The fourth-order valence-electron chi connectivity index (χ4n) is 2.44.